The number of hydrogen-bond acceptors (Lipinski definition) is 2. The van der Waals surface area contributed by atoms with Crippen LogP contribution in [0.25, 0.3) is 0 Å². The summed E-state index contributed by atoms with van der Waals surface area (Å²) in [5.41, 5.74) is 1.07. The van der Waals surface area contributed by atoms with E-state index in [0.29, 0.717) is 16.9 Å². The molecule has 2 rings (SSSR count). The highest BCUT2D eigenvalue weighted by molar-refractivity contribution is 5.94. The molecule has 0 aliphatic rings. The van der Waals surface area contributed by atoms with E-state index in [-0.39, 0.29) is 17.3 Å². The van der Waals surface area contributed by atoms with Crippen LogP contribution in [-0.4, -0.2) is 5.78 Å². The van der Waals surface area contributed by atoms with E-state index in [2.05, 4.69) is 0 Å². The van der Waals surface area contributed by atoms with Crippen LogP contribution in [0.15, 0.2) is 42.5 Å². The van der Waals surface area contributed by atoms with Crippen molar-refractivity contribution in [3.8, 4) is 11.5 Å². The first-order chi connectivity index (χ1) is 8.58. The van der Waals surface area contributed by atoms with Crippen molar-refractivity contribution >= 4 is 5.78 Å². The van der Waals surface area contributed by atoms with E-state index >= 15 is 0 Å². The number of hydrogen-bond donors (Lipinski definition) is 0. The zero-order valence-corrected chi connectivity index (χ0v) is 10.2. The number of carbonyl (C=O) groups excluding carboxylic acids is 1. The maximum absolute atomic E-state index is 13.8. The Morgan fingerprint density at radius 2 is 1.89 bits per heavy atom. The Morgan fingerprint density at radius 1 is 1.17 bits per heavy atom. The van der Waals surface area contributed by atoms with Crippen LogP contribution in [0.5, 0.6) is 11.5 Å². The highest BCUT2D eigenvalue weighted by Gasteiger charge is 2.08. The summed E-state index contributed by atoms with van der Waals surface area (Å²) in [5, 5.41) is 0. The maximum atomic E-state index is 13.8. The second-order valence-electron chi connectivity index (χ2n) is 4.07. The van der Waals surface area contributed by atoms with Gasteiger partial charge in [0.25, 0.3) is 0 Å². The van der Waals surface area contributed by atoms with Crippen LogP contribution in [0.1, 0.15) is 22.8 Å². The molecule has 0 aliphatic carbocycles. The Labute approximate surface area is 105 Å². The molecule has 0 saturated carbocycles. The summed E-state index contributed by atoms with van der Waals surface area (Å²) >= 11 is 0. The fourth-order valence-corrected chi connectivity index (χ4v) is 1.60. The monoisotopic (exact) mass is 244 g/mol. The molecular formula is C15H13FO2. The minimum Gasteiger partial charge on any atom is -0.454 e. The quantitative estimate of drug-likeness (QED) is 0.759. The Morgan fingerprint density at radius 3 is 2.61 bits per heavy atom. The highest BCUT2D eigenvalue weighted by atomic mass is 19.1. The molecule has 0 radical (unpaired) electrons. The van der Waals surface area contributed by atoms with Gasteiger partial charge in [-0.2, -0.15) is 0 Å². The third-order valence-corrected chi connectivity index (χ3v) is 2.62. The summed E-state index contributed by atoms with van der Waals surface area (Å²) in [6, 6.07) is 11.7. The minimum absolute atomic E-state index is 0.0508. The molecule has 0 atom stereocenters. The molecule has 92 valence electrons. The van der Waals surface area contributed by atoms with Crippen molar-refractivity contribution in [1.29, 1.82) is 0 Å². The van der Waals surface area contributed by atoms with Gasteiger partial charge >= 0.3 is 0 Å². The van der Waals surface area contributed by atoms with Gasteiger partial charge < -0.3 is 4.74 Å². The fourth-order valence-electron chi connectivity index (χ4n) is 1.60. The molecule has 0 aromatic heterocycles. The lowest BCUT2D eigenvalue weighted by Crippen LogP contribution is -1.94. The number of aryl methyl sites for hydroxylation is 1. The molecule has 2 aromatic carbocycles. The van der Waals surface area contributed by atoms with Crippen LogP contribution in [0.4, 0.5) is 4.39 Å². The molecule has 0 aliphatic heterocycles. The predicted molar refractivity (Wildman–Crippen MR) is 67.7 cm³/mol. The molecule has 18 heavy (non-hydrogen) atoms. The van der Waals surface area contributed by atoms with Crippen LogP contribution in [-0.2, 0) is 0 Å². The van der Waals surface area contributed by atoms with Gasteiger partial charge in [-0.3, -0.25) is 4.79 Å². The number of Topliss-reactive ketones (excluding diaryl/α,β-unsaturated/α-hetero) is 1. The second kappa shape index (κ2) is 5.00. The van der Waals surface area contributed by atoms with Gasteiger partial charge in [0.15, 0.2) is 17.3 Å². The molecule has 0 unspecified atom stereocenters. The van der Waals surface area contributed by atoms with Gasteiger partial charge in [-0.15, -0.1) is 0 Å². The van der Waals surface area contributed by atoms with Crippen LogP contribution in [0.3, 0.4) is 0 Å². The fraction of sp³-hybridized carbons (Fsp3) is 0.133. The van der Waals surface area contributed by atoms with Crippen molar-refractivity contribution in [1.82, 2.24) is 0 Å². The van der Waals surface area contributed by atoms with Crippen LogP contribution in [0, 0.1) is 12.7 Å². The molecule has 0 fully saturated rings. The maximum Gasteiger partial charge on any atom is 0.168 e. The Hall–Kier alpha value is -2.16. The van der Waals surface area contributed by atoms with E-state index < -0.39 is 0 Å². The summed E-state index contributed by atoms with van der Waals surface area (Å²) in [4.78, 5) is 11.2. The average Bonchev–Trinajstić information content (AvgIpc) is 2.35. The van der Waals surface area contributed by atoms with Crippen LogP contribution < -0.4 is 4.74 Å². The van der Waals surface area contributed by atoms with E-state index in [4.69, 9.17) is 4.74 Å². The first-order valence-corrected chi connectivity index (χ1v) is 5.62. The molecular weight excluding hydrogens is 231 g/mol. The lowest BCUT2D eigenvalue weighted by Gasteiger charge is -2.08. The zero-order valence-electron chi connectivity index (χ0n) is 10.2. The highest BCUT2D eigenvalue weighted by Crippen LogP contribution is 2.26. The number of rotatable bonds is 3. The van der Waals surface area contributed by atoms with E-state index in [1.807, 2.05) is 0 Å². The summed E-state index contributed by atoms with van der Waals surface area (Å²) in [6.07, 6.45) is 0. The van der Waals surface area contributed by atoms with Gasteiger partial charge in [0.05, 0.1) is 0 Å². The predicted octanol–water partition coefficient (Wildman–Crippen LogP) is 4.13. The van der Waals surface area contributed by atoms with Crippen molar-refractivity contribution in [3.05, 3.63) is 59.4 Å². The average molecular weight is 244 g/mol. The molecule has 0 N–H and O–H groups in total. The van der Waals surface area contributed by atoms with Crippen LogP contribution in [0.2, 0.25) is 0 Å². The zero-order chi connectivity index (χ0) is 13.1. The summed E-state index contributed by atoms with van der Waals surface area (Å²) in [6.45, 7) is 3.15. The van der Waals surface area contributed by atoms with Gasteiger partial charge in [-0.05, 0) is 37.6 Å². The van der Waals surface area contributed by atoms with Gasteiger partial charge in [0.1, 0.15) is 5.75 Å². The van der Waals surface area contributed by atoms with Crippen molar-refractivity contribution in [2.24, 2.45) is 0 Å². The van der Waals surface area contributed by atoms with Gasteiger partial charge in [0, 0.05) is 5.56 Å². The van der Waals surface area contributed by atoms with Gasteiger partial charge in [-0.25, -0.2) is 4.39 Å². The Kier molecular flexibility index (Phi) is 3.42. The normalized spacial score (nSPS) is 10.2. The number of ketones is 1. The van der Waals surface area contributed by atoms with Crippen molar-refractivity contribution in [2.75, 3.05) is 0 Å². The van der Waals surface area contributed by atoms with E-state index in [1.54, 1.807) is 49.4 Å². The number of benzene rings is 2. The SMILES string of the molecule is CC(=O)c1cccc(Oc2cccc(C)c2F)c1. The largest absolute Gasteiger partial charge is 0.454 e. The first kappa shape index (κ1) is 12.3. The number of ether oxygens (including phenoxy) is 1. The summed E-state index contributed by atoms with van der Waals surface area (Å²) < 4.78 is 19.2. The Bertz CT molecular complexity index is 591. The smallest absolute Gasteiger partial charge is 0.168 e. The second-order valence-corrected chi connectivity index (χ2v) is 4.07. The van der Waals surface area contributed by atoms with Crippen LogP contribution >= 0.6 is 0 Å². The molecule has 0 heterocycles. The van der Waals surface area contributed by atoms with Crippen molar-refractivity contribution in [2.45, 2.75) is 13.8 Å². The van der Waals surface area contributed by atoms with E-state index in [9.17, 15) is 9.18 Å². The molecule has 0 bridgehead atoms. The standard InChI is InChI=1S/C15H13FO2/c1-10-5-3-8-14(15(10)16)18-13-7-4-6-12(9-13)11(2)17/h3-9H,1-2H3. The molecule has 0 saturated heterocycles. The van der Waals surface area contributed by atoms with E-state index in [1.165, 1.54) is 6.92 Å². The summed E-state index contributed by atoms with van der Waals surface area (Å²) in [7, 11) is 0. The van der Waals surface area contributed by atoms with E-state index in [0.717, 1.165) is 0 Å². The number of halogens is 1. The molecule has 3 heteroatoms. The molecule has 2 aromatic rings. The lowest BCUT2D eigenvalue weighted by molar-refractivity contribution is 0.101. The van der Waals surface area contributed by atoms with Gasteiger partial charge in [-0.1, -0.05) is 24.3 Å². The molecule has 0 spiro atoms. The minimum atomic E-state index is -0.384. The van der Waals surface area contributed by atoms with Crippen molar-refractivity contribution < 1.29 is 13.9 Å². The number of carbonyl (C=O) groups is 1. The third-order valence-electron chi connectivity index (χ3n) is 2.62. The van der Waals surface area contributed by atoms with Gasteiger partial charge in [0.2, 0.25) is 0 Å². The first-order valence-electron chi connectivity index (χ1n) is 5.62. The molecule has 2 nitrogen and oxygen atoms in total. The third kappa shape index (κ3) is 2.56. The summed E-state index contributed by atoms with van der Waals surface area (Å²) in [5.74, 6) is 0.179. The Balaban J connectivity index is 2.31. The lowest BCUT2D eigenvalue weighted by atomic mass is 10.1. The topological polar surface area (TPSA) is 26.3 Å². The molecule has 0 amide bonds. The van der Waals surface area contributed by atoms with Crippen molar-refractivity contribution in [3.63, 3.8) is 0 Å².